The lowest BCUT2D eigenvalue weighted by molar-refractivity contribution is 0.0999. The number of amides is 2. The molecular formula is C10H14N4O4S2. The molecule has 1 aliphatic heterocycles. The van der Waals surface area contributed by atoms with Crippen LogP contribution in [0.2, 0.25) is 0 Å². The fourth-order valence-electron chi connectivity index (χ4n) is 1.99. The molecule has 2 amide bonds. The molecule has 110 valence electrons. The van der Waals surface area contributed by atoms with E-state index in [9.17, 15) is 18.0 Å². The predicted molar refractivity (Wildman–Crippen MR) is 76.6 cm³/mol. The Labute approximate surface area is 119 Å². The van der Waals surface area contributed by atoms with Crippen molar-refractivity contribution in [1.29, 1.82) is 0 Å². The van der Waals surface area contributed by atoms with E-state index in [-0.39, 0.29) is 40.7 Å². The van der Waals surface area contributed by atoms with Crippen LogP contribution in [0.15, 0.2) is 0 Å². The lowest BCUT2D eigenvalue weighted by atomic mass is 10.2. The first-order valence-electron chi connectivity index (χ1n) is 5.70. The number of nitrogens with zero attached hydrogens (tertiary/aromatic N) is 1. The van der Waals surface area contributed by atoms with Gasteiger partial charge in [-0.3, -0.25) is 9.59 Å². The van der Waals surface area contributed by atoms with Crippen LogP contribution in [0.4, 0.5) is 10.7 Å². The molecule has 1 aromatic heterocycles. The number of nitrogens with two attached hydrogens (primary N) is 3. The maximum Gasteiger partial charge on any atom is 0.260 e. The fourth-order valence-corrected chi connectivity index (χ4v) is 4.32. The minimum Gasteiger partial charge on any atom is -0.397 e. The number of thiophene rings is 1. The Morgan fingerprint density at radius 2 is 1.65 bits per heavy atom. The summed E-state index contributed by atoms with van der Waals surface area (Å²) in [5, 5.41) is 0.402. The van der Waals surface area contributed by atoms with E-state index in [0.717, 1.165) is 11.3 Å². The summed E-state index contributed by atoms with van der Waals surface area (Å²) in [4.78, 5) is 24.5. The number of rotatable bonds is 3. The van der Waals surface area contributed by atoms with E-state index < -0.39 is 21.7 Å². The third-order valence-corrected chi connectivity index (χ3v) is 5.92. The lowest BCUT2D eigenvalue weighted by Gasteiger charge is -2.28. The van der Waals surface area contributed by atoms with E-state index in [1.807, 2.05) is 0 Å². The zero-order valence-corrected chi connectivity index (χ0v) is 12.1. The summed E-state index contributed by atoms with van der Waals surface area (Å²) in [5.74, 6) is -1.55. The van der Waals surface area contributed by atoms with Gasteiger partial charge in [0.15, 0.2) is 9.84 Å². The van der Waals surface area contributed by atoms with Gasteiger partial charge < -0.3 is 22.1 Å². The van der Waals surface area contributed by atoms with Crippen molar-refractivity contribution < 1.29 is 18.0 Å². The van der Waals surface area contributed by atoms with Crippen molar-refractivity contribution >= 4 is 43.7 Å². The van der Waals surface area contributed by atoms with E-state index in [1.165, 1.54) is 0 Å². The molecule has 0 atom stereocenters. The first-order valence-corrected chi connectivity index (χ1v) is 8.34. The molecule has 6 N–H and O–H groups in total. The van der Waals surface area contributed by atoms with Crippen LogP contribution in [0.5, 0.6) is 0 Å². The number of sulfone groups is 1. The number of primary amides is 2. The molecule has 1 saturated heterocycles. The van der Waals surface area contributed by atoms with Crippen LogP contribution in [-0.4, -0.2) is 44.8 Å². The molecule has 0 aliphatic carbocycles. The van der Waals surface area contributed by atoms with Crippen molar-refractivity contribution in [2.75, 3.05) is 35.2 Å². The molecule has 1 aliphatic rings. The lowest BCUT2D eigenvalue weighted by Crippen LogP contribution is -2.40. The third kappa shape index (κ3) is 2.56. The molecule has 0 radical (unpaired) electrons. The van der Waals surface area contributed by atoms with Crippen LogP contribution in [0.3, 0.4) is 0 Å². The topological polar surface area (TPSA) is 150 Å². The van der Waals surface area contributed by atoms with Crippen LogP contribution < -0.4 is 22.1 Å². The molecule has 0 spiro atoms. The summed E-state index contributed by atoms with van der Waals surface area (Å²) in [6.45, 7) is 0.446. The zero-order chi connectivity index (χ0) is 15.1. The Kier molecular flexibility index (Phi) is 3.61. The van der Waals surface area contributed by atoms with E-state index >= 15 is 0 Å². The second-order valence-corrected chi connectivity index (χ2v) is 7.70. The largest absolute Gasteiger partial charge is 0.397 e. The van der Waals surface area contributed by atoms with Gasteiger partial charge >= 0.3 is 0 Å². The quantitative estimate of drug-likeness (QED) is 0.634. The van der Waals surface area contributed by atoms with Gasteiger partial charge in [-0.1, -0.05) is 0 Å². The van der Waals surface area contributed by atoms with Crippen LogP contribution in [-0.2, 0) is 9.84 Å². The standard InChI is InChI=1S/C10H14N4O4S2/c11-6-5(8(12)15)10(19-7(6)9(13)16)14-1-3-20(17,18)4-2-14/h1-4,11H2,(H2,12,15)(H2,13,16). The van der Waals surface area contributed by atoms with E-state index in [4.69, 9.17) is 17.2 Å². The summed E-state index contributed by atoms with van der Waals surface area (Å²) >= 11 is 0.960. The number of anilines is 2. The Balaban J connectivity index is 2.44. The number of hydrogen-bond acceptors (Lipinski definition) is 7. The number of carbonyl (C=O) groups excluding carboxylic acids is 2. The van der Waals surface area contributed by atoms with Gasteiger partial charge in [0.1, 0.15) is 9.88 Å². The SMILES string of the molecule is NC(=O)c1sc(N2CCS(=O)(=O)CC2)c(C(N)=O)c1N. The molecule has 20 heavy (non-hydrogen) atoms. The van der Waals surface area contributed by atoms with Gasteiger partial charge in [-0.25, -0.2) is 8.42 Å². The van der Waals surface area contributed by atoms with Gasteiger partial charge in [0.05, 0.1) is 22.8 Å². The summed E-state index contributed by atoms with van der Waals surface area (Å²) in [5.41, 5.74) is 16.2. The van der Waals surface area contributed by atoms with Crippen molar-refractivity contribution in [3.63, 3.8) is 0 Å². The molecule has 0 unspecified atom stereocenters. The number of nitrogen functional groups attached to an aromatic ring is 1. The molecule has 8 nitrogen and oxygen atoms in total. The van der Waals surface area contributed by atoms with Crippen LogP contribution in [0.25, 0.3) is 0 Å². The Morgan fingerprint density at radius 3 is 2.10 bits per heavy atom. The minimum atomic E-state index is -3.05. The molecule has 1 aromatic rings. The van der Waals surface area contributed by atoms with Gasteiger partial charge in [-0.2, -0.15) is 0 Å². The number of hydrogen-bond donors (Lipinski definition) is 3. The number of carbonyl (C=O) groups is 2. The smallest absolute Gasteiger partial charge is 0.260 e. The predicted octanol–water partition coefficient (Wildman–Crippen LogP) is -1.24. The van der Waals surface area contributed by atoms with Crippen molar-refractivity contribution in [2.45, 2.75) is 0 Å². The first-order chi connectivity index (χ1) is 9.23. The van der Waals surface area contributed by atoms with E-state index in [2.05, 4.69) is 0 Å². The maximum absolute atomic E-state index is 11.5. The average Bonchev–Trinajstić information content (AvgIpc) is 2.67. The Hall–Kier alpha value is -1.81. The van der Waals surface area contributed by atoms with Gasteiger partial charge in [-0.05, 0) is 0 Å². The highest BCUT2D eigenvalue weighted by atomic mass is 32.2. The van der Waals surface area contributed by atoms with Gasteiger partial charge in [0.25, 0.3) is 11.8 Å². The summed E-state index contributed by atoms with van der Waals surface area (Å²) in [6, 6.07) is 0. The molecule has 10 heteroatoms. The third-order valence-electron chi connectivity index (χ3n) is 3.03. The molecule has 1 fully saturated rings. The summed E-state index contributed by atoms with van der Waals surface area (Å²) in [7, 11) is -3.05. The molecule has 2 rings (SSSR count). The monoisotopic (exact) mass is 318 g/mol. The molecular weight excluding hydrogens is 304 g/mol. The highest BCUT2D eigenvalue weighted by Crippen LogP contribution is 2.38. The van der Waals surface area contributed by atoms with E-state index in [1.54, 1.807) is 4.90 Å². The fraction of sp³-hybridized carbons (Fsp3) is 0.400. The normalized spacial score (nSPS) is 17.9. The maximum atomic E-state index is 11.5. The van der Waals surface area contributed by atoms with Gasteiger partial charge in [-0.15, -0.1) is 11.3 Å². The van der Waals surface area contributed by atoms with Gasteiger partial charge in [0, 0.05) is 13.1 Å². The average molecular weight is 318 g/mol. The van der Waals surface area contributed by atoms with Gasteiger partial charge in [0.2, 0.25) is 0 Å². The Bertz CT molecular complexity index is 666. The van der Waals surface area contributed by atoms with Crippen molar-refractivity contribution in [3.8, 4) is 0 Å². The van der Waals surface area contributed by atoms with Crippen molar-refractivity contribution in [1.82, 2.24) is 0 Å². The minimum absolute atomic E-state index is 0.0189. The van der Waals surface area contributed by atoms with Crippen molar-refractivity contribution in [2.24, 2.45) is 11.5 Å². The molecule has 0 bridgehead atoms. The highest BCUT2D eigenvalue weighted by Gasteiger charge is 2.29. The second-order valence-electron chi connectivity index (χ2n) is 4.39. The first kappa shape index (κ1) is 14.6. The van der Waals surface area contributed by atoms with Crippen molar-refractivity contribution in [3.05, 3.63) is 10.4 Å². The zero-order valence-electron chi connectivity index (χ0n) is 10.5. The summed E-state index contributed by atoms with van der Waals surface area (Å²) in [6.07, 6.45) is 0. The molecule has 0 saturated carbocycles. The van der Waals surface area contributed by atoms with Crippen LogP contribution >= 0.6 is 11.3 Å². The Morgan fingerprint density at radius 1 is 1.10 bits per heavy atom. The van der Waals surface area contributed by atoms with E-state index in [0.29, 0.717) is 5.00 Å². The van der Waals surface area contributed by atoms with Crippen LogP contribution in [0, 0.1) is 0 Å². The highest BCUT2D eigenvalue weighted by molar-refractivity contribution is 7.91. The summed E-state index contributed by atoms with van der Waals surface area (Å²) < 4.78 is 22.8. The van der Waals surface area contributed by atoms with Crippen LogP contribution in [0.1, 0.15) is 20.0 Å². The molecule has 2 heterocycles. The molecule has 0 aromatic carbocycles. The second kappa shape index (κ2) is 4.94.